The van der Waals surface area contributed by atoms with Crippen LogP contribution in [0.2, 0.25) is 0 Å². The Balaban J connectivity index is 1.50. The van der Waals surface area contributed by atoms with Crippen LogP contribution < -0.4 is 0 Å². The summed E-state index contributed by atoms with van der Waals surface area (Å²) in [4.78, 5) is 10.2. The molecule has 2 aromatic heterocycles. The Kier molecular flexibility index (Phi) is 4.89. The molecule has 2 heterocycles. The highest BCUT2D eigenvalue weighted by molar-refractivity contribution is 5.96. The average Bonchev–Trinajstić information content (AvgIpc) is 2.89. The van der Waals surface area contributed by atoms with Gasteiger partial charge in [-0.2, -0.15) is 0 Å². The van der Waals surface area contributed by atoms with Gasteiger partial charge in [-0.05, 0) is 22.9 Å². The molecule has 0 unspecified atom stereocenters. The van der Waals surface area contributed by atoms with Crippen molar-refractivity contribution in [3.8, 4) is 22.5 Å². The molecular formula is C31H22N2. The van der Waals surface area contributed by atoms with E-state index in [0.717, 1.165) is 33.9 Å². The molecule has 0 saturated heterocycles. The number of hydrogen-bond acceptors (Lipinski definition) is 2. The Morgan fingerprint density at radius 1 is 0.424 bits per heavy atom. The van der Waals surface area contributed by atoms with Gasteiger partial charge in [-0.1, -0.05) is 109 Å². The lowest BCUT2D eigenvalue weighted by atomic mass is 10.00. The summed E-state index contributed by atoms with van der Waals surface area (Å²) >= 11 is 0. The van der Waals surface area contributed by atoms with Crippen LogP contribution in [-0.2, 0) is 6.42 Å². The number of nitrogens with zero attached hydrogens (tertiary/aromatic N) is 2. The fourth-order valence-electron chi connectivity index (χ4n) is 4.51. The molecule has 2 nitrogen and oxygen atoms in total. The van der Waals surface area contributed by atoms with Crippen LogP contribution >= 0.6 is 0 Å². The minimum atomic E-state index is 0.676. The first-order valence-corrected chi connectivity index (χ1v) is 11.2. The van der Waals surface area contributed by atoms with Crippen LogP contribution in [0.1, 0.15) is 11.4 Å². The molecule has 0 aliphatic rings. The summed E-state index contributed by atoms with van der Waals surface area (Å²) in [7, 11) is 0. The van der Waals surface area contributed by atoms with Gasteiger partial charge >= 0.3 is 0 Å². The summed E-state index contributed by atoms with van der Waals surface area (Å²) in [6, 6.07) is 42.2. The van der Waals surface area contributed by atoms with Gasteiger partial charge in [0, 0.05) is 39.7 Å². The maximum Gasteiger partial charge on any atom is 0.0783 e. The van der Waals surface area contributed by atoms with Crippen molar-refractivity contribution in [2.75, 3.05) is 0 Å². The molecule has 33 heavy (non-hydrogen) atoms. The summed E-state index contributed by atoms with van der Waals surface area (Å²) in [6.45, 7) is 0. The highest BCUT2D eigenvalue weighted by Crippen LogP contribution is 2.30. The molecule has 0 spiro atoms. The van der Waals surface area contributed by atoms with Crippen LogP contribution in [0.3, 0.4) is 0 Å². The van der Waals surface area contributed by atoms with Gasteiger partial charge < -0.3 is 0 Å². The van der Waals surface area contributed by atoms with Gasteiger partial charge in [-0.15, -0.1) is 0 Å². The first kappa shape index (κ1) is 19.4. The Morgan fingerprint density at radius 3 is 1.27 bits per heavy atom. The van der Waals surface area contributed by atoms with E-state index in [1.807, 2.05) is 12.1 Å². The van der Waals surface area contributed by atoms with Crippen molar-refractivity contribution in [3.05, 3.63) is 133 Å². The van der Waals surface area contributed by atoms with E-state index in [1.165, 1.54) is 21.5 Å². The van der Waals surface area contributed by atoms with Crippen molar-refractivity contribution < 1.29 is 0 Å². The average molecular weight is 423 g/mol. The van der Waals surface area contributed by atoms with E-state index in [0.29, 0.717) is 6.42 Å². The molecule has 0 N–H and O–H groups in total. The minimum Gasteiger partial charge on any atom is -0.252 e. The Labute approximate surface area is 193 Å². The predicted molar refractivity (Wildman–Crippen MR) is 137 cm³/mol. The molecular weight excluding hydrogens is 400 g/mol. The number of pyridine rings is 2. The van der Waals surface area contributed by atoms with Gasteiger partial charge in [0.2, 0.25) is 0 Å². The van der Waals surface area contributed by atoms with Gasteiger partial charge in [-0.25, -0.2) is 0 Å². The minimum absolute atomic E-state index is 0.676. The molecule has 0 bridgehead atoms. The predicted octanol–water partition coefficient (Wildman–Crippen LogP) is 7.71. The number of benzene rings is 4. The second kappa shape index (κ2) is 8.33. The Hall–Kier alpha value is -4.30. The summed E-state index contributed by atoms with van der Waals surface area (Å²) in [5, 5.41) is 4.74. The van der Waals surface area contributed by atoms with Crippen LogP contribution in [0.25, 0.3) is 44.1 Å². The summed E-state index contributed by atoms with van der Waals surface area (Å²) in [5.41, 5.74) is 6.35. The van der Waals surface area contributed by atoms with Gasteiger partial charge in [0.25, 0.3) is 0 Å². The fraction of sp³-hybridized carbons (Fsp3) is 0.0323. The normalized spacial score (nSPS) is 11.2. The highest BCUT2D eigenvalue weighted by Gasteiger charge is 2.12. The smallest absolute Gasteiger partial charge is 0.0783 e. The highest BCUT2D eigenvalue weighted by atomic mass is 14.8. The molecule has 156 valence electrons. The quantitative estimate of drug-likeness (QED) is 0.291. The molecule has 0 saturated carbocycles. The van der Waals surface area contributed by atoms with E-state index in [1.54, 1.807) is 0 Å². The number of rotatable bonds is 4. The largest absolute Gasteiger partial charge is 0.252 e. The number of fused-ring (bicyclic) bond motifs is 2. The zero-order valence-corrected chi connectivity index (χ0v) is 18.1. The van der Waals surface area contributed by atoms with Crippen molar-refractivity contribution in [1.29, 1.82) is 0 Å². The molecule has 6 aromatic rings. The molecule has 0 atom stereocenters. The van der Waals surface area contributed by atoms with Gasteiger partial charge in [0.1, 0.15) is 0 Å². The van der Waals surface area contributed by atoms with Gasteiger partial charge in [0.05, 0.1) is 11.4 Å². The van der Waals surface area contributed by atoms with E-state index >= 15 is 0 Å². The lowest BCUT2D eigenvalue weighted by Gasteiger charge is -2.12. The second-order valence-corrected chi connectivity index (χ2v) is 8.28. The molecule has 0 aliphatic heterocycles. The van der Waals surface area contributed by atoms with Crippen LogP contribution in [0, 0.1) is 0 Å². The van der Waals surface area contributed by atoms with Crippen molar-refractivity contribution in [1.82, 2.24) is 9.97 Å². The third-order valence-electron chi connectivity index (χ3n) is 6.04. The van der Waals surface area contributed by atoms with Gasteiger partial charge in [0.15, 0.2) is 0 Å². The third-order valence-corrected chi connectivity index (χ3v) is 6.04. The van der Waals surface area contributed by atoms with Crippen molar-refractivity contribution in [2.45, 2.75) is 6.42 Å². The summed E-state index contributed by atoms with van der Waals surface area (Å²) in [6.07, 6.45) is 0.676. The first-order chi connectivity index (χ1) is 16.3. The second-order valence-electron chi connectivity index (χ2n) is 8.28. The Morgan fingerprint density at radius 2 is 0.818 bits per heavy atom. The Bertz CT molecular complexity index is 1450. The maximum absolute atomic E-state index is 5.11. The first-order valence-electron chi connectivity index (χ1n) is 11.2. The van der Waals surface area contributed by atoms with Crippen LogP contribution in [0.5, 0.6) is 0 Å². The van der Waals surface area contributed by atoms with Crippen molar-refractivity contribution in [2.24, 2.45) is 0 Å². The standard InChI is InChI=1S/C31H22N2/c1-3-11-22(12-4-1)30-28-17-9-7-15-24(28)19-26(32-30)21-27-20-25-16-8-10-18-29(25)31(33-27)23-13-5-2-6-14-23/h1-20H,21H2. The van der Waals surface area contributed by atoms with Crippen LogP contribution in [0.4, 0.5) is 0 Å². The summed E-state index contributed by atoms with van der Waals surface area (Å²) < 4.78 is 0. The fourth-order valence-corrected chi connectivity index (χ4v) is 4.51. The molecule has 0 radical (unpaired) electrons. The maximum atomic E-state index is 5.11. The molecule has 0 fully saturated rings. The lowest BCUT2D eigenvalue weighted by molar-refractivity contribution is 1.03. The van der Waals surface area contributed by atoms with E-state index in [9.17, 15) is 0 Å². The number of aromatic nitrogens is 2. The SMILES string of the molecule is c1ccc(-c2nc(Cc3cc4ccccc4c(-c4ccccc4)n3)cc3ccccc23)cc1. The van der Waals surface area contributed by atoms with E-state index in [4.69, 9.17) is 9.97 Å². The van der Waals surface area contributed by atoms with Crippen molar-refractivity contribution in [3.63, 3.8) is 0 Å². The zero-order valence-electron chi connectivity index (χ0n) is 18.1. The molecule has 0 amide bonds. The van der Waals surface area contributed by atoms with Crippen LogP contribution in [-0.4, -0.2) is 9.97 Å². The van der Waals surface area contributed by atoms with Crippen LogP contribution in [0.15, 0.2) is 121 Å². The topological polar surface area (TPSA) is 25.8 Å². The van der Waals surface area contributed by atoms with Crippen molar-refractivity contribution >= 4 is 21.5 Å². The van der Waals surface area contributed by atoms with E-state index in [-0.39, 0.29) is 0 Å². The number of hydrogen-bond donors (Lipinski definition) is 0. The van der Waals surface area contributed by atoms with E-state index in [2.05, 4.69) is 109 Å². The molecule has 4 aromatic carbocycles. The van der Waals surface area contributed by atoms with Gasteiger partial charge in [-0.3, -0.25) is 9.97 Å². The monoisotopic (exact) mass is 422 g/mol. The molecule has 0 aliphatic carbocycles. The zero-order chi connectivity index (χ0) is 22.0. The summed E-state index contributed by atoms with van der Waals surface area (Å²) in [5.74, 6) is 0. The van der Waals surface area contributed by atoms with E-state index < -0.39 is 0 Å². The molecule has 2 heteroatoms. The lowest BCUT2D eigenvalue weighted by Crippen LogP contribution is -2.00. The third kappa shape index (κ3) is 3.77. The molecule has 6 rings (SSSR count).